The van der Waals surface area contributed by atoms with Gasteiger partial charge in [0.1, 0.15) is 0 Å². The maximum absolute atomic E-state index is 11.1. The molecule has 4 nitrogen and oxygen atoms in total. The van der Waals surface area contributed by atoms with Crippen LogP contribution in [0.25, 0.3) is 0 Å². The summed E-state index contributed by atoms with van der Waals surface area (Å²) in [5.41, 5.74) is 1.54. The van der Waals surface area contributed by atoms with Gasteiger partial charge in [-0.25, -0.2) is 9.78 Å². The van der Waals surface area contributed by atoms with Gasteiger partial charge in [-0.05, 0) is 18.9 Å². The second kappa shape index (κ2) is 5.25. The monoisotopic (exact) mass is 288 g/mol. The maximum atomic E-state index is 11.1. The van der Waals surface area contributed by atoms with E-state index in [1.54, 1.807) is 0 Å². The lowest BCUT2D eigenvalue weighted by Gasteiger charge is -2.15. The summed E-state index contributed by atoms with van der Waals surface area (Å²) >= 11 is 1.47. The second-order valence-corrected chi connectivity index (χ2v) is 6.23. The average Bonchev–Trinajstić information content (AvgIpc) is 3.06. The van der Waals surface area contributed by atoms with Crippen LogP contribution in [0.1, 0.15) is 33.3 Å². The number of rotatable bonds is 3. The number of aromatic nitrogens is 1. The van der Waals surface area contributed by atoms with Crippen LogP contribution in [0, 0.1) is 6.92 Å². The average molecular weight is 288 g/mol. The van der Waals surface area contributed by atoms with Gasteiger partial charge in [0.15, 0.2) is 10.8 Å². The molecule has 5 heteroatoms. The molecule has 1 aromatic heterocycles. The van der Waals surface area contributed by atoms with E-state index in [0.717, 1.165) is 29.5 Å². The third-order valence-electron chi connectivity index (χ3n) is 3.72. The number of aromatic carboxylic acids is 1. The van der Waals surface area contributed by atoms with Gasteiger partial charge in [-0.15, -0.1) is 11.3 Å². The van der Waals surface area contributed by atoms with Gasteiger partial charge in [0.25, 0.3) is 0 Å². The van der Waals surface area contributed by atoms with Crippen molar-refractivity contribution in [2.24, 2.45) is 0 Å². The molecule has 1 N–H and O–H groups in total. The summed E-state index contributed by atoms with van der Waals surface area (Å²) in [6, 6.07) is 10.5. The van der Waals surface area contributed by atoms with Crippen LogP contribution in [0.2, 0.25) is 0 Å². The van der Waals surface area contributed by atoms with Crippen molar-refractivity contribution < 1.29 is 9.90 Å². The Hall–Kier alpha value is -1.88. The Bertz CT molecular complexity index is 624. The number of carboxylic acid groups (broad SMARTS) is 1. The number of carboxylic acids is 1. The Morgan fingerprint density at radius 1 is 1.40 bits per heavy atom. The van der Waals surface area contributed by atoms with Crippen LogP contribution in [-0.4, -0.2) is 29.1 Å². The number of aryl methyl sites for hydroxylation is 1. The lowest BCUT2D eigenvalue weighted by atomic mass is 9.99. The molecular formula is C15H16N2O2S. The van der Waals surface area contributed by atoms with E-state index in [1.165, 1.54) is 16.9 Å². The molecule has 2 aromatic rings. The predicted molar refractivity (Wildman–Crippen MR) is 79.8 cm³/mol. The molecule has 1 atom stereocenters. The first-order valence-electron chi connectivity index (χ1n) is 6.66. The predicted octanol–water partition coefficient (Wildman–Crippen LogP) is 3.14. The molecule has 0 spiro atoms. The number of nitrogens with zero attached hydrogens (tertiary/aromatic N) is 2. The van der Waals surface area contributed by atoms with Crippen LogP contribution in [0.5, 0.6) is 0 Å². The zero-order chi connectivity index (χ0) is 14.1. The van der Waals surface area contributed by atoms with Gasteiger partial charge in [0.05, 0.1) is 0 Å². The molecule has 1 saturated heterocycles. The van der Waals surface area contributed by atoms with Crippen LogP contribution in [0.4, 0.5) is 5.13 Å². The highest BCUT2D eigenvalue weighted by atomic mass is 32.1. The van der Waals surface area contributed by atoms with Crippen molar-refractivity contribution in [1.29, 1.82) is 0 Å². The molecule has 1 unspecified atom stereocenters. The number of anilines is 1. The molecular weight excluding hydrogens is 272 g/mol. The van der Waals surface area contributed by atoms with Crippen molar-refractivity contribution in [3.05, 3.63) is 46.5 Å². The first-order valence-corrected chi connectivity index (χ1v) is 7.47. The van der Waals surface area contributed by atoms with Gasteiger partial charge in [0.2, 0.25) is 0 Å². The van der Waals surface area contributed by atoms with E-state index in [-0.39, 0.29) is 5.69 Å². The fourth-order valence-electron chi connectivity index (χ4n) is 2.65. The first-order chi connectivity index (χ1) is 9.65. The number of hydrogen-bond acceptors (Lipinski definition) is 4. The van der Waals surface area contributed by atoms with Crippen LogP contribution in [-0.2, 0) is 0 Å². The molecule has 1 aliphatic heterocycles. The lowest BCUT2D eigenvalue weighted by Crippen LogP contribution is -2.19. The molecule has 0 bridgehead atoms. The molecule has 2 heterocycles. The number of benzene rings is 1. The third kappa shape index (κ3) is 2.41. The first kappa shape index (κ1) is 13.1. The van der Waals surface area contributed by atoms with E-state index in [9.17, 15) is 4.79 Å². The maximum Gasteiger partial charge on any atom is 0.355 e. The summed E-state index contributed by atoms with van der Waals surface area (Å²) in [5.74, 6) is -0.433. The zero-order valence-corrected chi connectivity index (χ0v) is 12.1. The minimum absolute atomic E-state index is 0.188. The lowest BCUT2D eigenvalue weighted by molar-refractivity contribution is 0.0690. The van der Waals surface area contributed by atoms with Gasteiger partial charge in [-0.3, -0.25) is 0 Å². The van der Waals surface area contributed by atoms with Gasteiger partial charge in [-0.2, -0.15) is 0 Å². The fraction of sp³-hybridized carbons (Fsp3) is 0.333. The summed E-state index contributed by atoms with van der Waals surface area (Å²) in [5, 5.41) is 9.91. The van der Waals surface area contributed by atoms with Crippen LogP contribution in [0.3, 0.4) is 0 Å². The number of hydrogen-bond donors (Lipinski definition) is 1. The summed E-state index contributed by atoms with van der Waals surface area (Å²) in [7, 11) is 0. The van der Waals surface area contributed by atoms with E-state index in [1.807, 2.05) is 13.0 Å². The number of carbonyl (C=O) groups is 1. The second-order valence-electron chi connectivity index (χ2n) is 5.05. The largest absolute Gasteiger partial charge is 0.476 e. The molecule has 1 fully saturated rings. The quantitative estimate of drug-likeness (QED) is 0.942. The normalized spacial score (nSPS) is 18.4. The summed E-state index contributed by atoms with van der Waals surface area (Å²) in [4.78, 5) is 18.3. The Morgan fingerprint density at radius 2 is 2.15 bits per heavy atom. The van der Waals surface area contributed by atoms with Crippen molar-refractivity contribution >= 4 is 22.4 Å². The van der Waals surface area contributed by atoms with Crippen LogP contribution >= 0.6 is 11.3 Å². The molecule has 3 rings (SSSR count). The Morgan fingerprint density at radius 3 is 2.80 bits per heavy atom. The van der Waals surface area contributed by atoms with E-state index in [4.69, 9.17) is 5.11 Å². The SMILES string of the molecule is Cc1sc(N2CCC(c3ccccc3)C2)nc1C(=O)O. The van der Waals surface area contributed by atoms with Crippen molar-refractivity contribution in [2.75, 3.05) is 18.0 Å². The van der Waals surface area contributed by atoms with Gasteiger partial charge in [0, 0.05) is 23.9 Å². The zero-order valence-electron chi connectivity index (χ0n) is 11.2. The van der Waals surface area contributed by atoms with E-state index < -0.39 is 5.97 Å². The van der Waals surface area contributed by atoms with Gasteiger partial charge >= 0.3 is 5.97 Å². The standard InChI is InChI=1S/C15H16N2O2S/c1-10-13(14(18)19)16-15(20-10)17-8-7-12(9-17)11-5-3-2-4-6-11/h2-6,12H,7-9H2,1H3,(H,18,19). The highest BCUT2D eigenvalue weighted by molar-refractivity contribution is 7.15. The van der Waals surface area contributed by atoms with E-state index >= 15 is 0 Å². The topological polar surface area (TPSA) is 53.4 Å². The van der Waals surface area contributed by atoms with Crippen molar-refractivity contribution in [3.63, 3.8) is 0 Å². The Kier molecular flexibility index (Phi) is 3.44. The Labute approximate surface area is 121 Å². The molecule has 20 heavy (non-hydrogen) atoms. The van der Waals surface area contributed by atoms with Crippen molar-refractivity contribution in [3.8, 4) is 0 Å². The number of thiazole rings is 1. The van der Waals surface area contributed by atoms with Crippen LogP contribution in [0.15, 0.2) is 30.3 Å². The highest BCUT2D eigenvalue weighted by Crippen LogP contribution is 2.33. The molecule has 1 aromatic carbocycles. The van der Waals surface area contributed by atoms with Gasteiger partial charge < -0.3 is 10.0 Å². The summed E-state index contributed by atoms with van der Waals surface area (Å²) < 4.78 is 0. The third-order valence-corrected chi connectivity index (χ3v) is 4.75. The molecule has 0 aliphatic carbocycles. The molecule has 1 aliphatic rings. The molecule has 0 amide bonds. The minimum Gasteiger partial charge on any atom is -0.476 e. The van der Waals surface area contributed by atoms with Crippen molar-refractivity contribution in [1.82, 2.24) is 4.98 Å². The molecule has 0 saturated carbocycles. The van der Waals surface area contributed by atoms with E-state index in [2.05, 4.69) is 34.1 Å². The van der Waals surface area contributed by atoms with Gasteiger partial charge in [-0.1, -0.05) is 30.3 Å². The molecule has 0 radical (unpaired) electrons. The van der Waals surface area contributed by atoms with Crippen LogP contribution < -0.4 is 4.90 Å². The summed E-state index contributed by atoms with van der Waals surface area (Å²) in [6.07, 6.45) is 1.09. The Balaban J connectivity index is 1.77. The van der Waals surface area contributed by atoms with Crippen molar-refractivity contribution in [2.45, 2.75) is 19.3 Å². The molecule has 104 valence electrons. The highest BCUT2D eigenvalue weighted by Gasteiger charge is 2.27. The fourth-order valence-corrected chi connectivity index (χ4v) is 3.58. The summed E-state index contributed by atoms with van der Waals surface area (Å²) in [6.45, 7) is 3.66. The minimum atomic E-state index is -0.941. The smallest absolute Gasteiger partial charge is 0.355 e. The van der Waals surface area contributed by atoms with E-state index in [0.29, 0.717) is 5.92 Å².